The first-order valence-corrected chi connectivity index (χ1v) is 11.6. The van der Waals surface area contributed by atoms with Gasteiger partial charge in [0.25, 0.3) is 0 Å². The quantitative estimate of drug-likeness (QED) is 0.0466. The molecule has 0 radical (unpaired) electrons. The van der Waals surface area contributed by atoms with Gasteiger partial charge in [-0.25, -0.2) is 0 Å². The fourth-order valence-corrected chi connectivity index (χ4v) is 3.42. The van der Waals surface area contributed by atoms with Crippen LogP contribution in [0.3, 0.4) is 0 Å². The molecule has 0 saturated heterocycles. The minimum atomic E-state index is -0.967. The van der Waals surface area contributed by atoms with Crippen LogP contribution in [0.15, 0.2) is 24.3 Å². The van der Waals surface area contributed by atoms with Crippen LogP contribution >= 0.6 is 11.6 Å². The molecule has 0 bridgehead atoms. The van der Waals surface area contributed by atoms with E-state index in [1.807, 2.05) is 13.8 Å². The highest BCUT2D eigenvalue weighted by molar-refractivity contribution is 6.30. The van der Waals surface area contributed by atoms with Gasteiger partial charge in [-0.15, -0.1) is 0 Å². The summed E-state index contributed by atoms with van der Waals surface area (Å²) in [6, 6.07) is 4.38. The number of hydrogen-bond donors (Lipinski definition) is 6. The molecule has 0 heterocycles. The van der Waals surface area contributed by atoms with E-state index in [1.54, 1.807) is 24.3 Å². The Morgan fingerprint density at radius 3 is 2.14 bits per heavy atom. The number of guanidine groups is 1. The van der Waals surface area contributed by atoms with Crippen molar-refractivity contribution >= 4 is 41.6 Å². The number of halogens is 2. The van der Waals surface area contributed by atoms with Crippen LogP contribution < -0.4 is 44.8 Å². The molecular weight excluding hydrogens is 496 g/mol. The van der Waals surface area contributed by atoms with E-state index in [-0.39, 0.29) is 36.6 Å². The molecule has 0 spiro atoms. The molecule has 1 rings (SSSR count). The number of nitrogens with one attached hydrogen (secondary N) is 4. The Hall–Kier alpha value is -2.85. The maximum atomic E-state index is 13.1. The number of amides is 3. The molecule has 0 fully saturated rings. The van der Waals surface area contributed by atoms with Crippen molar-refractivity contribution in [1.82, 2.24) is 16.0 Å². The van der Waals surface area contributed by atoms with E-state index in [9.17, 15) is 19.2 Å². The number of nitrogens with two attached hydrogens (primary N) is 2. The molecule has 1 aromatic carbocycles. The van der Waals surface area contributed by atoms with Gasteiger partial charge in [0.2, 0.25) is 17.7 Å². The van der Waals surface area contributed by atoms with Gasteiger partial charge in [0.15, 0.2) is 0 Å². The Balaban J connectivity index is 0.0000116. The summed E-state index contributed by atoms with van der Waals surface area (Å²) in [4.78, 5) is 51.9. The smallest absolute Gasteiger partial charge is 0.338 e. The molecule has 3 atom stereocenters. The van der Waals surface area contributed by atoms with Crippen LogP contribution in [0.2, 0.25) is 5.02 Å². The molecule has 0 unspecified atom stereocenters. The first kappa shape index (κ1) is 32.1. The van der Waals surface area contributed by atoms with E-state index in [0.717, 1.165) is 5.56 Å². The van der Waals surface area contributed by atoms with E-state index in [4.69, 9.17) is 23.1 Å². The van der Waals surface area contributed by atoms with Crippen LogP contribution in [-0.2, 0) is 25.6 Å². The minimum Gasteiger partial charge on any atom is -1.00 e. The van der Waals surface area contributed by atoms with Crippen molar-refractivity contribution in [3.63, 3.8) is 0 Å². The number of carbonyl (C=O) groups excluding carboxylic acids is 4. The monoisotopic (exact) mass is 531 g/mol. The summed E-state index contributed by atoms with van der Waals surface area (Å²) in [5.41, 5.74) is 11.5. The van der Waals surface area contributed by atoms with Crippen LogP contribution in [0.4, 0.5) is 0 Å². The molecule has 3 amide bonds. The third-order valence-corrected chi connectivity index (χ3v) is 5.15. The fourth-order valence-electron chi connectivity index (χ4n) is 3.30. The lowest BCUT2D eigenvalue weighted by molar-refractivity contribution is -0.459. The molecule has 35 heavy (non-hydrogen) atoms. The van der Waals surface area contributed by atoms with Crippen LogP contribution in [0.5, 0.6) is 0 Å². The predicted octanol–water partition coefficient (Wildman–Crippen LogP) is -4.26. The zero-order chi connectivity index (χ0) is 25.7. The highest BCUT2D eigenvalue weighted by Crippen LogP contribution is 2.12. The second-order valence-corrected chi connectivity index (χ2v) is 8.99. The fraction of sp³-hybridized carbons (Fsp3) is 0.522. The Labute approximate surface area is 217 Å². The van der Waals surface area contributed by atoms with Crippen molar-refractivity contribution in [3.8, 4) is 0 Å². The summed E-state index contributed by atoms with van der Waals surface area (Å²) in [7, 11) is 0. The summed E-state index contributed by atoms with van der Waals surface area (Å²) in [5, 5.41) is 8.60. The standard InChI is InChI=1S/C23H35ClN6O4.ClH/c1-14(2)11-19(28-15(3)32)22(34)30-20(12-16-6-8-17(24)9-7-16)21(33)29-18(13-31)5-4-10-27-23(25)26;/h6-9,13-14,18-20H,4-5,10-12H2,1-3H3,(H,28,32)(H,29,33)(H,30,34)(H4,25,26,27);1H/t18-,19-,20-;/m0./s1/i13+1;. The maximum absolute atomic E-state index is 13.1. The van der Waals surface area contributed by atoms with Gasteiger partial charge in [-0.05, 0) is 42.9 Å². The van der Waals surface area contributed by atoms with E-state index >= 15 is 0 Å². The number of aldehydes is 1. The van der Waals surface area contributed by atoms with Gasteiger partial charge in [0.05, 0.1) is 12.6 Å². The van der Waals surface area contributed by atoms with E-state index in [1.165, 1.54) is 6.92 Å². The molecule has 8 N–H and O–H groups in total. The SMILES string of the molecule is CC(=O)N[C@@H](CC(C)C)C(=O)N[C@@H](Cc1ccc(Cl)cc1)C(=O)N[C@@H](CCC[NH+]=C(N)N)[13CH]=O.[Cl-]. The third-order valence-electron chi connectivity index (χ3n) is 4.90. The van der Waals surface area contributed by atoms with Crippen molar-refractivity contribution in [2.24, 2.45) is 17.4 Å². The van der Waals surface area contributed by atoms with Crippen molar-refractivity contribution in [2.45, 2.75) is 64.6 Å². The molecule has 10 nitrogen and oxygen atoms in total. The number of hydrogen-bond acceptors (Lipinski definition) is 4. The molecular formula is C23H36Cl2N6O4. The van der Waals surface area contributed by atoms with Crippen LogP contribution in [0.1, 0.15) is 45.6 Å². The Morgan fingerprint density at radius 1 is 1.03 bits per heavy atom. The highest BCUT2D eigenvalue weighted by atomic mass is 35.5. The van der Waals surface area contributed by atoms with Crippen molar-refractivity contribution in [2.75, 3.05) is 6.54 Å². The topological polar surface area (TPSA) is 170 Å². The average molecular weight is 532 g/mol. The normalized spacial score (nSPS) is 12.9. The molecule has 0 saturated carbocycles. The van der Waals surface area contributed by atoms with Crippen molar-refractivity contribution < 1.29 is 36.6 Å². The second kappa shape index (κ2) is 16.7. The van der Waals surface area contributed by atoms with Gasteiger partial charge in [-0.3, -0.25) is 30.8 Å². The van der Waals surface area contributed by atoms with Gasteiger partial charge >= 0.3 is 5.96 Å². The molecule has 196 valence electrons. The van der Waals surface area contributed by atoms with Gasteiger partial charge in [0, 0.05) is 18.4 Å². The largest absolute Gasteiger partial charge is 1.00 e. The zero-order valence-corrected chi connectivity index (χ0v) is 21.8. The van der Waals surface area contributed by atoms with Gasteiger partial charge in [0.1, 0.15) is 18.4 Å². The molecule has 0 aliphatic rings. The third kappa shape index (κ3) is 13.6. The van der Waals surface area contributed by atoms with E-state index in [2.05, 4.69) is 20.9 Å². The predicted molar refractivity (Wildman–Crippen MR) is 131 cm³/mol. The van der Waals surface area contributed by atoms with Gasteiger partial charge in [-0.1, -0.05) is 37.6 Å². The first-order valence-electron chi connectivity index (χ1n) is 11.2. The van der Waals surface area contributed by atoms with Crippen LogP contribution in [0, 0.1) is 5.92 Å². The molecule has 0 aliphatic carbocycles. The number of carbonyl (C=O) groups is 4. The number of rotatable bonds is 14. The number of benzene rings is 1. The summed E-state index contributed by atoms with van der Waals surface area (Å²) in [6.07, 6.45) is 2.13. The first-order chi connectivity index (χ1) is 16.0. The molecule has 0 aliphatic heterocycles. The average Bonchev–Trinajstić information content (AvgIpc) is 2.75. The zero-order valence-electron chi connectivity index (χ0n) is 20.3. The van der Waals surface area contributed by atoms with E-state index in [0.29, 0.717) is 37.1 Å². The Kier molecular flexibility index (Phi) is 15.4. The second-order valence-electron chi connectivity index (χ2n) is 8.55. The Bertz CT molecular complexity index is 860. The lowest BCUT2D eigenvalue weighted by atomic mass is 10.0. The van der Waals surface area contributed by atoms with Crippen molar-refractivity contribution in [3.05, 3.63) is 34.9 Å². The highest BCUT2D eigenvalue weighted by Gasteiger charge is 2.28. The molecule has 1 aromatic rings. The maximum Gasteiger partial charge on any atom is 0.338 e. The summed E-state index contributed by atoms with van der Waals surface area (Å²) >= 11 is 5.95. The summed E-state index contributed by atoms with van der Waals surface area (Å²) in [5.74, 6) is -1.11. The lowest BCUT2D eigenvalue weighted by Gasteiger charge is -2.25. The Morgan fingerprint density at radius 2 is 1.63 bits per heavy atom. The summed E-state index contributed by atoms with van der Waals surface area (Å²) < 4.78 is 0. The molecule has 12 heteroatoms. The van der Waals surface area contributed by atoms with Crippen LogP contribution in [-0.4, -0.2) is 54.6 Å². The minimum absolute atomic E-state index is 0. The van der Waals surface area contributed by atoms with Gasteiger partial charge < -0.3 is 33.2 Å². The van der Waals surface area contributed by atoms with Gasteiger partial charge in [-0.2, -0.15) is 0 Å². The molecule has 0 aromatic heterocycles. The van der Waals surface area contributed by atoms with Crippen molar-refractivity contribution in [1.29, 1.82) is 0 Å². The summed E-state index contributed by atoms with van der Waals surface area (Å²) in [6.45, 7) is 5.64. The van der Waals surface area contributed by atoms with Crippen LogP contribution in [0.25, 0.3) is 0 Å². The van der Waals surface area contributed by atoms with E-state index < -0.39 is 29.9 Å². The lowest BCUT2D eigenvalue weighted by Crippen LogP contribution is -3.00.